The van der Waals surface area contributed by atoms with Crippen LogP contribution < -0.4 is 79.7 Å². The fraction of sp³-hybridized carbons (Fsp3) is 0.444. The normalized spacial score (nSPS) is 21.7. The molecule has 44 heavy (non-hydrogen) atoms. The average Bonchev–Trinajstić information content (AvgIpc) is 3.73. The number of ether oxygens (including phenoxy) is 1. The number of piperazine rings is 1. The van der Waals surface area contributed by atoms with Gasteiger partial charge in [0.2, 0.25) is 5.91 Å². The number of carboxylic acid groups (broad SMARTS) is 2. The molecule has 2 aromatic rings. The molecular weight excluding hydrogens is 621 g/mol. The predicted octanol–water partition coefficient (Wildman–Crippen LogP) is -7.02. The van der Waals surface area contributed by atoms with Crippen LogP contribution >= 0.6 is 11.8 Å². The number of nitrogens with zero attached hydrogens (tertiary/aromatic N) is 4. The van der Waals surface area contributed by atoms with Crippen LogP contribution in [-0.2, 0) is 14.3 Å². The van der Waals surface area contributed by atoms with Gasteiger partial charge in [-0.3, -0.25) is 14.5 Å². The number of hydrogen-bond acceptors (Lipinski definition) is 11. The van der Waals surface area contributed by atoms with E-state index in [-0.39, 0.29) is 113 Å². The van der Waals surface area contributed by atoms with Gasteiger partial charge in [0.05, 0.1) is 51.3 Å². The van der Waals surface area contributed by atoms with Crippen LogP contribution in [0.5, 0.6) is 0 Å². The summed E-state index contributed by atoms with van der Waals surface area (Å²) in [6, 6.07) is 2.56. The number of carbonyl (C=O) groups is 4. The number of aliphatic hydroxyl groups is 1. The van der Waals surface area contributed by atoms with Gasteiger partial charge >= 0.3 is 65.2 Å². The molecule has 2 saturated heterocycles. The quantitative estimate of drug-likeness (QED) is 0.224. The molecule has 17 heteroatoms. The number of aromatic carboxylic acids is 1. The van der Waals surface area contributed by atoms with Crippen LogP contribution in [0.1, 0.15) is 36.2 Å². The zero-order chi connectivity index (χ0) is 30.0. The first-order valence-corrected chi connectivity index (χ1v) is 14.2. The number of fused-ring (bicyclic) bond motifs is 2. The van der Waals surface area contributed by atoms with Gasteiger partial charge in [-0.2, -0.15) is 0 Å². The van der Waals surface area contributed by atoms with Crippen molar-refractivity contribution in [3.63, 3.8) is 0 Å². The predicted molar refractivity (Wildman–Crippen MR) is 141 cm³/mol. The van der Waals surface area contributed by atoms with Crippen molar-refractivity contribution in [1.82, 2.24) is 14.4 Å². The van der Waals surface area contributed by atoms with Crippen molar-refractivity contribution in [3.05, 3.63) is 50.5 Å². The molecule has 1 aromatic heterocycles. The topological polar surface area (TPSA) is 176 Å². The van der Waals surface area contributed by atoms with E-state index in [4.69, 9.17) is 4.74 Å². The third-order valence-electron chi connectivity index (χ3n) is 8.03. The van der Waals surface area contributed by atoms with Crippen molar-refractivity contribution in [2.75, 3.05) is 37.7 Å². The van der Waals surface area contributed by atoms with Gasteiger partial charge in [-0.25, -0.2) is 9.18 Å². The number of benzene rings is 1. The van der Waals surface area contributed by atoms with Crippen molar-refractivity contribution in [3.8, 4) is 0 Å². The number of β-lactam (4-membered cyclic amide) rings is 1. The van der Waals surface area contributed by atoms with E-state index < -0.39 is 64.8 Å². The van der Waals surface area contributed by atoms with Crippen molar-refractivity contribution >= 4 is 52.3 Å². The third-order valence-corrected chi connectivity index (χ3v) is 9.37. The molecular formula is C27H25FN4Na2O9S. The molecule has 1 aromatic carbocycles. The van der Waals surface area contributed by atoms with Gasteiger partial charge in [-0.1, -0.05) is 11.8 Å². The average molecular weight is 647 g/mol. The fourth-order valence-electron chi connectivity index (χ4n) is 5.69. The minimum absolute atomic E-state index is 0. The van der Waals surface area contributed by atoms with Crippen LogP contribution in [0.25, 0.3) is 10.9 Å². The second-order valence-electron chi connectivity index (χ2n) is 10.7. The van der Waals surface area contributed by atoms with Crippen molar-refractivity contribution < 1.29 is 103 Å². The molecule has 3 atom stereocenters. The zero-order valence-corrected chi connectivity index (χ0v) is 29.1. The standard InChI is InChI=1S/C27H27FN4O9S.2Na/c1-12(33)20-23(35)32-21(26(38)39)19(42-24(20)32)11-41-27(40)30-6-4-29(5-7-30)18-9-17-14(8-16(18)28)22(34)15(25(36)37)10-31(17)13-2-3-13;;/h8-10,12-13,20,24,33H,2-7,11H2,1H3,(H,36,37)(H,38,39);;/q;2*+1/p-2/t12-,20-,24-;;/m1../s1. The minimum Gasteiger partial charge on any atom is -0.545 e. The first-order chi connectivity index (χ1) is 20.0. The van der Waals surface area contributed by atoms with E-state index in [1.807, 2.05) is 0 Å². The molecule has 1 saturated carbocycles. The van der Waals surface area contributed by atoms with Crippen molar-refractivity contribution in [2.45, 2.75) is 37.3 Å². The van der Waals surface area contributed by atoms with Gasteiger partial charge in [-0.05, 0) is 31.9 Å². The maximum atomic E-state index is 15.2. The van der Waals surface area contributed by atoms with E-state index in [0.717, 1.165) is 35.6 Å². The summed E-state index contributed by atoms with van der Waals surface area (Å²) in [6.45, 7) is 1.82. The van der Waals surface area contributed by atoms with Crippen LogP contribution in [0.15, 0.2) is 33.7 Å². The summed E-state index contributed by atoms with van der Waals surface area (Å²) in [6.07, 6.45) is 1.16. The van der Waals surface area contributed by atoms with E-state index in [1.165, 1.54) is 24.1 Å². The number of pyridine rings is 1. The number of aliphatic hydroxyl groups excluding tert-OH is 1. The molecule has 0 bridgehead atoms. The van der Waals surface area contributed by atoms with Gasteiger partial charge in [0.15, 0.2) is 5.43 Å². The molecule has 4 heterocycles. The Balaban J connectivity index is 0.00000221. The molecule has 3 aliphatic heterocycles. The number of carboxylic acids is 2. The van der Waals surface area contributed by atoms with E-state index in [9.17, 15) is 39.3 Å². The van der Waals surface area contributed by atoms with Gasteiger partial charge < -0.3 is 44.0 Å². The Morgan fingerprint density at radius 3 is 2.32 bits per heavy atom. The number of anilines is 1. The van der Waals surface area contributed by atoms with Crippen LogP contribution in [-0.4, -0.2) is 87.7 Å². The summed E-state index contributed by atoms with van der Waals surface area (Å²) >= 11 is 1.03. The van der Waals surface area contributed by atoms with Crippen LogP contribution in [0.2, 0.25) is 0 Å². The molecule has 2 amide bonds. The number of amides is 2. The SMILES string of the molecule is C[C@@H](O)[C@@H]1C(=O)N2C(C(=O)[O-])=C(COC(=O)N3CCN(c4cc5c(cc4F)c(=O)c(C(=O)[O-])cn5C4CC4)CC3)S[C@H]12.[Na+].[Na+]. The molecule has 1 N–H and O–H groups in total. The summed E-state index contributed by atoms with van der Waals surface area (Å²) < 4.78 is 22.3. The molecule has 222 valence electrons. The molecule has 1 aliphatic carbocycles. The second-order valence-corrected chi connectivity index (χ2v) is 11.9. The third kappa shape index (κ3) is 6.05. The maximum absolute atomic E-state index is 15.2. The largest absolute Gasteiger partial charge is 1.00 e. The molecule has 4 aliphatic rings. The molecule has 13 nitrogen and oxygen atoms in total. The number of aromatic nitrogens is 1. The van der Waals surface area contributed by atoms with Gasteiger partial charge in [0.25, 0.3) is 0 Å². The number of halogens is 1. The number of thioether (sulfide) groups is 1. The van der Waals surface area contributed by atoms with Gasteiger partial charge in [-0.15, -0.1) is 0 Å². The first kappa shape index (κ1) is 34.8. The fourth-order valence-corrected chi connectivity index (χ4v) is 7.21. The van der Waals surface area contributed by atoms with E-state index in [0.29, 0.717) is 5.52 Å². The monoisotopic (exact) mass is 646 g/mol. The van der Waals surface area contributed by atoms with Crippen molar-refractivity contribution in [1.29, 1.82) is 0 Å². The first-order valence-electron chi connectivity index (χ1n) is 13.4. The molecule has 6 rings (SSSR count). The Labute approximate surface area is 298 Å². The molecule has 0 spiro atoms. The minimum atomic E-state index is -1.62. The summed E-state index contributed by atoms with van der Waals surface area (Å²) in [5.41, 5.74) is -1.08. The van der Waals surface area contributed by atoms with Crippen LogP contribution in [0.3, 0.4) is 0 Å². The smallest absolute Gasteiger partial charge is 0.545 e. The second kappa shape index (κ2) is 13.3. The van der Waals surface area contributed by atoms with Crippen molar-refractivity contribution in [2.24, 2.45) is 5.92 Å². The van der Waals surface area contributed by atoms with Crippen LogP contribution in [0.4, 0.5) is 14.9 Å². The van der Waals surface area contributed by atoms with Gasteiger partial charge in [0, 0.05) is 43.8 Å². The Bertz CT molecular complexity index is 1640. The number of rotatable bonds is 7. The Kier molecular flexibility index (Phi) is 10.5. The Hall–Kier alpha value is -2.11. The number of aliphatic carboxylic acids is 1. The summed E-state index contributed by atoms with van der Waals surface area (Å²) in [7, 11) is 0. The Morgan fingerprint density at radius 2 is 1.75 bits per heavy atom. The summed E-state index contributed by atoms with van der Waals surface area (Å²) in [5.74, 6) is -5.21. The van der Waals surface area contributed by atoms with E-state index >= 15 is 4.39 Å². The summed E-state index contributed by atoms with van der Waals surface area (Å²) in [5, 5.41) is 32.4. The van der Waals surface area contributed by atoms with Gasteiger partial charge in [0.1, 0.15) is 17.8 Å². The zero-order valence-electron chi connectivity index (χ0n) is 24.3. The Morgan fingerprint density at radius 1 is 1.09 bits per heavy atom. The summed E-state index contributed by atoms with van der Waals surface area (Å²) in [4.78, 5) is 65.3. The van der Waals surface area contributed by atoms with E-state index in [1.54, 1.807) is 9.47 Å². The van der Waals surface area contributed by atoms with Crippen LogP contribution in [0, 0.1) is 11.7 Å². The number of carbonyl (C=O) groups excluding carboxylic acids is 4. The number of hydrogen-bond donors (Lipinski definition) is 1. The molecule has 3 fully saturated rings. The maximum Gasteiger partial charge on any atom is 1.00 e. The molecule has 0 unspecified atom stereocenters. The van der Waals surface area contributed by atoms with E-state index in [2.05, 4.69) is 0 Å². The molecule has 0 radical (unpaired) electrons.